The van der Waals surface area contributed by atoms with Crippen molar-refractivity contribution in [1.29, 1.82) is 0 Å². The lowest BCUT2D eigenvalue weighted by atomic mass is 9.92. The molecule has 0 atom stereocenters. The van der Waals surface area contributed by atoms with Crippen LogP contribution in [0.4, 0.5) is 18.9 Å². The summed E-state index contributed by atoms with van der Waals surface area (Å²) in [4.78, 5) is 4.23. The van der Waals surface area contributed by atoms with E-state index in [-0.39, 0.29) is 16.8 Å². The second kappa shape index (κ2) is 20.3. The van der Waals surface area contributed by atoms with Crippen LogP contribution >= 0.6 is 0 Å². The highest BCUT2D eigenvalue weighted by molar-refractivity contribution is 6.17. The predicted molar refractivity (Wildman–Crippen MR) is 394 cm³/mol. The van der Waals surface area contributed by atoms with Gasteiger partial charge in [0, 0.05) is 87.4 Å². The highest BCUT2D eigenvalue weighted by atomic mass is 19.4. The first-order valence-electron chi connectivity index (χ1n) is 32.5. The molecule has 6 heterocycles. The fraction of sp³-hybridized carbons (Fsp3) is 0.0230. The zero-order valence-corrected chi connectivity index (χ0v) is 52.1. The van der Waals surface area contributed by atoms with E-state index in [0.717, 1.165) is 160 Å². The van der Waals surface area contributed by atoms with Crippen LogP contribution in [0.2, 0.25) is 0 Å². The van der Waals surface area contributed by atoms with Crippen molar-refractivity contribution in [2.24, 2.45) is 0 Å². The molecule has 0 aliphatic heterocycles. The minimum atomic E-state index is -4.74. The fourth-order valence-corrected chi connectivity index (χ4v) is 16.4. The Hall–Kier alpha value is -12.8. The zero-order valence-electron chi connectivity index (χ0n) is 52.1. The van der Waals surface area contributed by atoms with Crippen LogP contribution in [0.5, 0.6) is 0 Å². The van der Waals surface area contributed by atoms with Crippen LogP contribution in [0.25, 0.3) is 181 Å². The molecule has 20 rings (SSSR count). The first kappa shape index (κ1) is 54.7. The van der Waals surface area contributed by atoms with Gasteiger partial charge < -0.3 is 27.4 Å². The highest BCUT2D eigenvalue weighted by Gasteiger charge is 2.36. The van der Waals surface area contributed by atoms with Gasteiger partial charge in [0.25, 0.3) is 0 Å². The SMILES string of the molecule is [C-]#[N+]c1cc(-n2c3ccc(-n4c5ccccc5c5ccccc54)cc3c3cc(-n4c5ccccc5c5ccccc54)ccc32)c(-n2c3ccc(-n4c5ccccc5c5ccccc54)cc3c3cc(-n4c5ccccc5c5ccccc54)ccc32)cc1-c1c(C)cccc1C(F)(F)F. The number of para-hydroxylation sites is 8. The molecule has 10 heteroatoms. The Morgan fingerprint density at radius 3 is 0.794 bits per heavy atom. The minimum Gasteiger partial charge on any atom is -0.309 e. The number of benzene rings is 14. The molecule has 0 bridgehead atoms. The highest BCUT2D eigenvalue weighted by Crippen LogP contribution is 2.49. The first-order chi connectivity index (χ1) is 47.7. The van der Waals surface area contributed by atoms with Gasteiger partial charge in [0.2, 0.25) is 0 Å². The summed E-state index contributed by atoms with van der Waals surface area (Å²) in [6.45, 7) is 10.8. The second-order valence-corrected chi connectivity index (χ2v) is 25.4. The second-order valence-electron chi connectivity index (χ2n) is 25.4. The molecule has 0 aliphatic carbocycles. The zero-order chi connectivity index (χ0) is 64.5. The molecule has 0 amide bonds. The van der Waals surface area contributed by atoms with Crippen molar-refractivity contribution in [3.8, 4) is 45.3 Å². The monoisotopic (exact) mass is 1250 g/mol. The molecule has 0 unspecified atom stereocenters. The predicted octanol–water partition coefficient (Wildman–Crippen LogP) is 23.8. The molecule has 0 N–H and O–H groups in total. The summed E-state index contributed by atoms with van der Waals surface area (Å²) in [7, 11) is 0. The van der Waals surface area contributed by atoms with Crippen molar-refractivity contribution in [3.05, 3.63) is 320 Å². The molecule has 6 aromatic heterocycles. The van der Waals surface area contributed by atoms with Gasteiger partial charge in [-0.1, -0.05) is 158 Å². The summed E-state index contributed by atoms with van der Waals surface area (Å²) in [6.07, 6.45) is -4.74. The fourth-order valence-electron chi connectivity index (χ4n) is 16.4. The molecule has 0 radical (unpaired) electrons. The number of nitrogens with zero attached hydrogens (tertiary/aromatic N) is 7. The number of fused-ring (bicyclic) bond motifs is 18. The van der Waals surface area contributed by atoms with Crippen LogP contribution in [0.15, 0.2) is 297 Å². The van der Waals surface area contributed by atoms with Crippen molar-refractivity contribution >= 4 is 137 Å². The van der Waals surface area contributed by atoms with Gasteiger partial charge in [-0.25, -0.2) is 4.85 Å². The lowest BCUT2D eigenvalue weighted by Crippen LogP contribution is -2.09. The molecule has 0 fully saturated rings. The van der Waals surface area contributed by atoms with Crippen molar-refractivity contribution in [3.63, 3.8) is 0 Å². The molecular weight excluding hydrogens is 1200 g/mol. The van der Waals surface area contributed by atoms with Gasteiger partial charge in [-0.05, 0) is 163 Å². The summed E-state index contributed by atoms with van der Waals surface area (Å²) in [5.74, 6) is 0. The average molecular weight is 1250 g/mol. The van der Waals surface area contributed by atoms with Crippen LogP contribution < -0.4 is 0 Å². The number of aromatic nitrogens is 6. The van der Waals surface area contributed by atoms with Crippen molar-refractivity contribution in [2.75, 3.05) is 0 Å². The van der Waals surface area contributed by atoms with Crippen LogP contribution in [-0.2, 0) is 6.18 Å². The number of rotatable bonds is 7. The van der Waals surface area contributed by atoms with E-state index in [1.165, 1.54) is 6.07 Å². The van der Waals surface area contributed by atoms with Gasteiger partial charge in [0.15, 0.2) is 5.69 Å². The third-order valence-electron chi connectivity index (χ3n) is 20.4. The molecule has 0 saturated heterocycles. The molecule has 0 aliphatic rings. The largest absolute Gasteiger partial charge is 0.416 e. The number of hydrogen-bond donors (Lipinski definition) is 0. The molecule has 14 aromatic carbocycles. The average Bonchev–Trinajstić information content (AvgIpc) is 1.60. The Bertz CT molecular complexity index is 6290. The maximum absolute atomic E-state index is 15.8. The first-order valence-corrected chi connectivity index (χ1v) is 32.5. The summed E-state index contributed by atoms with van der Waals surface area (Å²) in [5, 5.41) is 12.9. The molecule has 0 spiro atoms. The molecule has 456 valence electrons. The van der Waals surface area contributed by atoms with Crippen molar-refractivity contribution in [2.45, 2.75) is 13.1 Å². The Labute approximate surface area is 552 Å². The summed E-state index contributed by atoms with van der Waals surface area (Å²) in [6, 6.07) is 102. The molecule has 20 aromatic rings. The minimum absolute atomic E-state index is 0.0364. The molecule has 7 nitrogen and oxygen atoms in total. The van der Waals surface area contributed by atoms with Gasteiger partial charge in [0.1, 0.15) is 0 Å². The number of halogens is 3. The van der Waals surface area contributed by atoms with Crippen LogP contribution in [0.3, 0.4) is 0 Å². The summed E-state index contributed by atoms with van der Waals surface area (Å²) >= 11 is 0. The van der Waals surface area contributed by atoms with E-state index >= 15 is 13.2 Å². The Morgan fingerprint density at radius 1 is 0.268 bits per heavy atom. The lowest BCUT2D eigenvalue weighted by Gasteiger charge is -2.22. The maximum Gasteiger partial charge on any atom is 0.416 e. The van der Waals surface area contributed by atoms with E-state index in [4.69, 9.17) is 6.57 Å². The topological polar surface area (TPSA) is 33.9 Å². The van der Waals surface area contributed by atoms with E-state index in [2.05, 4.69) is 299 Å². The van der Waals surface area contributed by atoms with Crippen molar-refractivity contribution in [1.82, 2.24) is 27.4 Å². The number of alkyl halides is 3. The van der Waals surface area contributed by atoms with E-state index in [9.17, 15) is 0 Å². The van der Waals surface area contributed by atoms with E-state index in [1.54, 1.807) is 13.0 Å². The standard InChI is InChI=1S/C87H52F3N7/c1-52-20-19-29-70(87(88,89)90)86(52)69-50-84(96-80-42-38-53(92-72-30-11-3-21-57(72)58-22-4-12-31-73(58)92)46-65(80)66-47-54(39-43-81(66)96)93-74-32-13-5-23-59(74)60-24-6-14-33-75(60)93)85(51-71(69)91-2)97-82-44-40-55(94-76-34-15-7-25-61(76)62-26-8-16-35-77(62)94)48-67(82)68-49-56(41-45-83(68)97)95-78-36-17-9-27-63(78)64-28-10-18-37-79(64)95/h3-51H,1H3. The number of aryl methyl sites for hydroxylation is 1. The Morgan fingerprint density at radius 2 is 0.526 bits per heavy atom. The van der Waals surface area contributed by atoms with Crippen LogP contribution in [0, 0.1) is 13.5 Å². The summed E-state index contributed by atoms with van der Waals surface area (Å²) in [5.41, 5.74) is 16.7. The molecular formula is C87H52F3N7. The Kier molecular flexibility index (Phi) is 11.5. The van der Waals surface area contributed by atoms with Crippen LogP contribution in [0.1, 0.15) is 11.1 Å². The van der Waals surface area contributed by atoms with E-state index < -0.39 is 11.7 Å². The van der Waals surface area contributed by atoms with E-state index in [0.29, 0.717) is 16.9 Å². The lowest BCUT2D eigenvalue weighted by molar-refractivity contribution is -0.137. The van der Waals surface area contributed by atoms with Gasteiger partial charge >= 0.3 is 6.18 Å². The summed E-state index contributed by atoms with van der Waals surface area (Å²) < 4.78 is 61.2. The molecule has 97 heavy (non-hydrogen) atoms. The molecule has 0 saturated carbocycles. The normalized spacial score (nSPS) is 12.3. The van der Waals surface area contributed by atoms with Gasteiger partial charge in [0.05, 0.1) is 89.7 Å². The smallest absolute Gasteiger partial charge is 0.309 e. The van der Waals surface area contributed by atoms with E-state index in [1.807, 2.05) is 12.1 Å². The Balaban J connectivity index is 0.930. The third-order valence-corrected chi connectivity index (χ3v) is 20.4. The van der Waals surface area contributed by atoms with Gasteiger partial charge in [-0.15, -0.1) is 0 Å². The number of hydrogen-bond acceptors (Lipinski definition) is 0. The van der Waals surface area contributed by atoms with Gasteiger partial charge in [-0.3, -0.25) is 0 Å². The third kappa shape index (κ3) is 7.79. The van der Waals surface area contributed by atoms with Gasteiger partial charge in [-0.2, -0.15) is 13.2 Å². The quantitative estimate of drug-likeness (QED) is 0.143. The van der Waals surface area contributed by atoms with Crippen LogP contribution in [-0.4, -0.2) is 27.4 Å². The van der Waals surface area contributed by atoms with Crippen molar-refractivity contribution < 1.29 is 13.2 Å². The maximum atomic E-state index is 15.8.